The van der Waals surface area contributed by atoms with Gasteiger partial charge < -0.3 is 14.8 Å². The monoisotopic (exact) mass is 349 g/mol. The predicted molar refractivity (Wildman–Crippen MR) is 86.3 cm³/mol. The molecule has 0 unspecified atom stereocenters. The van der Waals surface area contributed by atoms with Gasteiger partial charge in [0, 0.05) is 18.1 Å². The van der Waals surface area contributed by atoms with Gasteiger partial charge >= 0.3 is 5.97 Å². The van der Waals surface area contributed by atoms with E-state index in [1.54, 1.807) is 24.3 Å². The molecule has 0 spiro atoms. The summed E-state index contributed by atoms with van der Waals surface area (Å²) in [6.07, 6.45) is 0.153. The highest BCUT2D eigenvalue weighted by atomic mass is 19.1. The number of methoxy groups -OCH3 is 2. The summed E-state index contributed by atoms with van der Waals surface area (Å²) in [4.78, 5) is 24.1. The van der Waals surface area contributed by atoms with Gasteiger partial charge in [0.15, 0.2) is 0 Å². The molecule has 1 N–H and O–H groups in total. The van der Waals surface area contributed by atoms with Gasteiger partial charge in [-0.3, -0.25) is 4.79 Å². The fourth-order valence-electron chi connectivity index (χ4n) is 2.26. The van der Waals surface area contributed by atoms with Crippen molar-refractivity contribution in [1.82, 2.24) is 5.32 Å². The van der Waals surface area contributed by atoms with Gasteiger partial charge in [-0.15, -0.1) is 0 Å². The first-order chi connectivity index (χ1) is 11.9. The number of esters is 1. The van der Waals surface area contributed by atoms with Crippen molar-refractivity contribution >= 4 is 11.9 Å². The Hall–Kier alpha value is -2.96. The summed E-state index contributed by atoms with van der Waals surface area (Å²) in [5, 5.41) is 2.44. The van der Waals surface area contributed by atoms with Gasteiger partial charge in [-0.1, -0.05) is 12.1 Å². The zero-order valence-corrected chi connectivity index (χ0v) is 13.7. The van der Waals surface area contributed by atoms with Crippen LogP contribution in [0, 0.1) is 11.6 Å². The first kappa shape index (κ1) is 18.4. The first-order valence-corrected chi connectivity index (χ1v) is 7.40. The van der Waals surface area contributed by atoms with Crippen molar-refractivity contribution in [3.05, 3.63) is 65.2 Å². The van der Waals surface area contributed by atoms with Gasteiger partial charge in [-0.05, 0) is 29.8 Å². The van der Waals surface area contributed by atoms with E-state index in [0.717, 1.165) is 17.7 Å². The smallest absolute Gasteiger partial charge is 0.328 e. The van der Waals surface area contributed by atoms with Crippen LogP contribution in [0.1, 0.15) is 15.9 Å². The summed E-state index contributed by atoms with van der Waals surface area (Å²) in [7, 11) is 2.72. The van der Waals surface area contributed by atoms with Crippen LogP contribution in [0.2, 0.25) is 0 Å². The molecule has 0 heterocycles. The summed E-state index contributed by atoms with van der Waals surface area (Å²) >= 11 is 0. The summed E-state index contributed by atoms with van der Waals surface area (Å²) in [6, 6.07) is 8.34. The first-order valence-electron chi connectivity index (χ1n) is 7.40. The van der Waals surface area contributed by atoms with Crippen molar-refractivity contribution in [2.45, 2.75) is 12.5 Å². The zero-order valence-electron chi connectivity index (χ0n) is 13.7. The highest BCUT2D eigenvalue weighted by molar-refractivity contribution is 5.96. The third-order valence-electron chi connectivity index (χ3n) is 3.51. The molecule has 25 heavy (non-hydrogen) atoms. The number of nitrogens with one attached hydrogen (secondary N) is 1. The van der Waals surface area contributed by atoms with Crippen molar-refractivity contribution in [2.75, 3.05) is 14.2 Å². The lowest BCUT2D eigenvalue weighted by Crippen LogP contribution is -2.43. The van der Waals surface area contributed by atoms with Gasteiger partial charge in [-0.25, -0.2) is 13.6 Å². The van der Waals surface area contributed by atoms with Crippen molar-refractivity contribution in [3.8, 4) is 5.75 Å². The van der Waals surface area contributed by atoms with Crippen LogP contribution in [0.3, 0.4) is 0 Å². The molecule has 0 fully saturated rings. The number of rotatable bonds is 6. The largest absolute Gasteiger partial charge is 0.497 e. The quantitative estimate of drug-likeness (QED) is 0.814. The van der Waals surface area contributed by atoms with Gasteiger partial charge in [-0.2, -0.15) is 0 Å². The SMILES string of the molecule is COC(=O)[C@@H](Cc1ccc(OC)cc1)NC(=O)c1cc(F)cc(F)c1. The van der Waals surface area contributed by atoms with Crippen LogP contribution in [-0.2, 0) is 16.0 Å². The average Bonchev–Trinajstić information content (AvgIpc) is 2.60. The maximum atomic E-state index is 13.2. The number of ether oxygens (including phenoxy) is 2. The van der Waals surface area contributed by atoms with E-state index in [1.165, 1.54) is 14.2 Å². The van der Waals surface area contributed by atoms with Crippen molar-refractivity contribution in [2.24, 2.45) is 0 Å². The Morgan fingerprint density at radius 1 is 1.04 bits per heavy atom. The topological polar surface area (TPSA) is 64.6 Å². The predicted octanol–water partition coefficient (Wildman–Crippen LogP) is 2.49. The molecule has 1 amide bonds. The molecular formula is C18H17F2NO4. The number of hydrogen-bond donors (Lipinski definition) is 1. The molecule has 132 valence electrons. The van der Waals surface area contributed by atoms with E-state index in [2.05, 4.69) is 10.1 Å². The second-order valence-electron chi connectivity index (χ2n) is 5.26. The molecule has 2 rings (SSSR count). The van der Waals surface area contributed by atoms with Crippen molar-refractivity contribution in [1.29, 1.82) is 0 Å². The van der Waals surface area contributed by atoms with E-state index < -0.39 is 29.6 Å². The van der Waals surface area contributed by atoms with Crippen molar-refractivity contribution < 1.29 is 27.8 Å². The second-order valence-corrected chi connectivity index (χ2v) is 5.26. The number of hydrogen-bond acceptors (Lipinski definition) is 4. The van der Waals surface area contributed by atoms with Gasteiger partial charge in [0.2, 0.25) is 0 Å². The highest BCUT2D eigenvalue weighted by Crippen LogP contribution is 2.14. The van der Waals surface area contributed by atoms with Crippen LogP contribution in [0.4, 0.5) is 8.78 Å². The van der Waals surface area contributed by atoms with Crippen LogP contribution in [0.25, 0.3) is 0 Å². The summed E-state index contributed by atoms with van der Waals surface area (Å²) < 4.78 is 36.2. The maximum absolute atomic E-state index is 13.2. The molecular weight excluding hydrogens is 332 g/mol. The fraction of sp³-hybridized carbons (Fsp3) is 0.222. The van der Waals surface area contributed by atoms with Crippen LogP contribution in [0.5, 0.6) is 5.75 Å². The molecule has 7 heteroatoms. The fourth-order valence-corrected chi connectivity index (χ4v) is 2.26. The lowest BCUT2D eigenvalue weighted by Gasteiger charge is -2.17. The Kier molecular flexibility index (Phi) is 6.05. The third-order valence-corrected chi connectivity index (χ3v) is 3.51. The highest BCUT2D eigenvalue weighted by Gasteiger charge is 2.23. The minimum Gasteiger partial charge on any atom is -0.497 e. The molecule has 0 aromatic heterocycles. The molecule has 2 aromatic rings. The number of carbonyl (C=O) groups is 2. The van der Waals surface area contributed by atoms with E-state index >= 15 is 0 Å². The number of carbonyl (C=O) groups excluding carboxylic acids is 2. The lowest BCUT2D eigenvalue weighted by atomic mass is 10.0. The average molecular weight is 349 g/mol. The Morgan fingerprint density at radius 3 is 2.16 bits per heavy atom. The van der Waals surface area contributed by atoms with Crippen LogP contribution >= 0.6 is 0 Å². The number of amides is 1. The molecule has 0 bridgehead atoms. The molecule has 0 radical (unpaired) electrons. The molecule has 1 atom stereocenters. The Balaban J connectivity index is 2.16. The van der Waals surface area contributed by atoms with E-state index in [-0.39, 0.29) is 12.0 Å². The van der Waals surface area contributed by atoms with E-state index in [1.807, 2.05) is 0 Å². The van der Waals surface area contributed by atoms with Gasteiger partial charge in [0.05, 0.1) is 14.2 Å². The minimum absolute atomic E-state index is 0.153. The summed E-state index contributed by atoms with van der Waals surface area (Å²) in [6.45, 7) is 0. The van der Waals surface area contributed by atoms with Gasteiger partial charge in [0.1, 0.15) is 23.4 Å². The molecule has 0 aliphatic carbocycles. The second kappa shape index (κ2) is 8.23. The molecule has 0 aliphatic rings. The van der Waals surface area contributed by atoms with Crippen molar-refractivity contribution in [3.63, 3.8) is 0 Å². The maximum Gasteiger partial charge on any atom is 0.328 e. The lowest BCUT2D eigenvalue weighted by molar-refractivity contribution is -0.142. The molecule has 5 nitrogen and oxygen atoms in total. The Bertz CT molecular complexity index is 742. The van der Waals surface area contributed by atoms with E-state index in [4.69, 9.17) is 4.74 Å². The molecule has 0 saturated heterocycles. The van der Waals surface area contributed by atoms with Gasteiger partial charge in [0.25, 0.3) is 5.91 Å². The third kappa shape index (κ3) is 5.00. The minimum atomic E-state index is -1.00. The zero-order chi connectivity index (χ0) is 18.4. The summed E-state index contributed by atoms with van der Waals surface area (Å²) in [5.41, 5.74) is 0.531. The van der Waals surface area contributed by atoms with E-state index in [9.17, 15) is 18.4 Å². The molecule has 0 aliphatic heterocycles. The Labute approximate surface area is 143 Å². The number of halogens is 2. The number of benzene rings is 2. The van der Waals surface area contributed by atoms with Crippen LogP contribution in [-0.4, -0.2) is 32.1 Å². The standard InChI is InChI=1S/C18H17F2NO4/c1-24-15-5-3-11(4-6-15)7-16(18(23)25-2)21-17(22)12-8-13(19)10-14(20)9-12/h3-6,8-10,16H,7H2,1-2H3,(H,21,22)/t16-/m1/s1. The summed E-state index contributed by atoms with van der Waals surface area (Å²) in [5.74, 6) is -2.55. The molecule has 0 saturated carbocycles. The molecule has 2 aromatic carbocycles. The van der Waals surface area contributed by atoms with E-state index in [0.29, 0.717) is 11.8 Å². The Morgan fingerprint density at radius 2 is 1.64 bits per heavy atom. The van der Waals surface area contributed by atoms with Crippen LogP contribution < -0.4 is 10.1 Å². The van der Waals surface area contributed by atoms with Crippen LogP contribution in [0.15, 0.2) is 42.5 Å². The normalized spacial score (nSPS) is 11.5.